The van der Waals surface area contributed by atoms with Crippen LogP contribution < -0.4 is 10.6 Å². The lowest BCUT2D eigenvalue weighted by Gasteiger charge is -2.18. The lowest BCUT2D eigenvalue weighted by Crippen LogP contribution is -2.24. The van der Waals surface area contributed by atoms with Crippen LogP contribution in [0, 0.1) is 12.3 Å². The Morgan fingerprint density at radius 3 is 3.25 bits per heavy atom. The molecule has 3 nitrogen and oxygen atoms in total. The highest BCUT2D eigenvalue weighted by Crippen LogP contribution is 2.22. The first-order valence-electron chi connectivity index (χ1n) is 5.40. The van der Waals surface area contributed by atoms with Crippen LogP contribution >= 0.6 is 0 Å². The Morgan fingerprint density at radius 1 is 1.56 bits per heavy atom. The summed E-state index contributed by atoms with van der Waals surface area (Å²) >= 11 is 0. The highest BCUT2D eigenvalue weighted by atomic mass is 16.1. The Bertz CT molecular complexity index is 446. The van der Waals surface area contributed by atoms with Crippen molar-refractivity contribution in [2.45, 2.75) is 12.8 Å². The largest absolute Gasteiger partial charge is 0.385 e. The van der Waals surface area contributed by atoms with Gasteiger partial charge in [0, 0.05) is 17.8 Å². The molecule has 0 unspecified atom stereocenters. The van der Waals surface area contributed by atoms with Crippen LogP contribution in [0.4, 0.5) is 5.69 Å². The quantitative estimate of drug-likeness (QED) is 0.731. The smallest absolute Gasteiger partial charge is 0.252 e. The molecule has 0 atom stereocenters. The van der Waals surface area contributed by atoms with Crippen molar-refractivity contribution in [2.75, 3.05) is 18.4 Å². The zero-order chi connectivity index (χ0) is 11.4. The first-order chi connectivity index (χ1) is 7.81. The molecular formula is C13H14N2O. The molecule has 2 rings (SSSR count). The molecule has 0 aromatic heterocycles. The van der Waals surface area contributed by atoms with E-state index in [9.17, 15) is 4.79 Å². The molecule has 0 bridgehead atoms. The number of benzene rings is 1. The molecule has 0 saturated carbocycles. The maximum atomic E-state index is 11.7. The fourth-order valence-corrected chi connectivity index (χ4v) is 1.85. The normalized spacial score (nSPS) is 13.2. The summed E-state index contributed by atoms with van der Waals surface area (Å²) in [6.07, 6.45) is 7.23. The maximum Gasteiger partial charge on any atom is 0.252 e. The van der Waals surface area contributed by atoms with Gasteiger partial charge in [-0.1, -0.05) is 5.92 Å². The summed E-state index contributed by atoms with van der Waals surface area (Å²) < 4.78 is 0. The van der Waals surface area contributed by atoms with Gasteiger partial charge in [-0.2, -0.15) is 0 Å². The van der Waals surface area contributed by atoms with E-state index in [1.54, 1.807) is 0 Å². The fraction of sp³-hybridized carbons (Fsp3) is 0.308. The van der Waals surface area contributed by atoms with Crippen molar-refractivity contribution in [3.8, 4) is 12.3 Å². The van der Waals surface area contributed by atoms with Gasteiger partial charge in [0.25, 0.3) is 5.91 Å². The molecule has 0 fully saturated rings. The minimum absolute atomic E-state index is 0.105. The monoisotopic (exact) mass is 214 g/mol. The molecule has 3 heteroatoms. The van der Waals surface area contributed by atoms with E-state index in [-0.39, 0.29) is 12.5 Å². The number of terminal acetylenes is 1. The zero-order valence-corrected chi connectivity index (χ0v) is 9.05. The molecule has 0 saturated heterocycles. The first kappa shape index (κ1) is 10.6. The number of rotatable bonds is 2. The number of hydrogen-bond acceptors (Lipinski definition) is 2. The van der Waals surface area contributed by atoms with E-state index in [4.69, 9.17) is 6.42 Å². The zero-order valence-electron chi connectivity index (χ0n) is 9.05. The van der Waals surface area contributed by atoms with Crippen LogP contribution in [0.3, 0.4) is 0 Å². The van der Waals surface area contributed by atoms with Crippen molar-refractivity contribution in [3.63, 3.8) is 0 Å². The SMILES string of the molecule is C#CCNC(=O)c1ccc2c(c1)CCCN2. The Hall–Kier alpha value is -1.95. The van der Waals surface area contributed by atoms with Crippen LogP contribution in [-0.4, -0.2) is 19.0 Å². The number of anilines is 1. The number of amides is 1. The number of carbonyl (C=O) groups is 1. The van der Waals surface area contributed by atoms with Gasteiger partial charge in [0.1, 0.15) is 0 Å². The van der Waals surface area contributed by atoms with Crippen molar-refractivity contribution in [1.82, 2.24) is 5.32 Å². The summed E-state index contributed by atoms with van der Waals surface area (Å²) in [5.74, 6) is 2.28. The number of hydrogen-bond donors (Lipinski definition) is 2. The summed E-state index contributed by atoms with van der Waals surface area (Å²) in [5.41, 5.74) is 3.03. The Labute approximate surface area is 95.2 Å². The average molecular weight is 214 g/mol. The molecule has 82 valence electrons. The van der Waals surface area contributed by atoms with Crippen LogP contribution in [-0.2, 0) is 6.42 Å². The second-order valence-electron chi connectivity index (χ2n) is 3.79. The summed E-state index contributed by atoms with van der Waals surface area (Å²) in [6.45, 7) is 1.28. The molecule has 0 radical (unpaired) electrons. The minimum Gasteiger partial charge on any atom is -0.385 e. The van der Waals surface area contributed by atoms with Gasteiger partial charge < -0.3 is 10.6 Å². The van der Waals surface area contributed by atoms with Crippen molar-refractivity contribution in [1.29, 1.82) is 0 Å². The molecule has 1 aliphatic heterocycles. The van der Waals surface area contributed by atoms with Crippen LogP contribution in [0.15, 0.2) is 18.2 Å². The van der Waals surface area contributed by atoms with Crippen LogP contribution in [0.2, 0.25) is 0 Å². The number of carbonyl (C=O) groups excluding carboxylic acids is 1. The van der Waals surface area contributed by atoms with Crippen molar-refractivity contribution >= 4 is 11.6 Å². The predicted octanol–water partition coefficient (Wildman–Crippen LogP) is 1.41. The van der Waals surface area contributed by atoms with E-state index in [0.717, 1.165) is 25.1 Å². The third-order valence-corrected chi connectivity index (χ3v) is 2.66. The topological polar surface area (TPSA) is 41.1 Å². The van der Waals surface area contributed by atoms with Crippen LogP contribution in [0.5, 0.6) is 0 Å². The Morgan fingerprint density at radius 2 is 2.44 bits per heavy atom. The summed E-state index contributed by atoms with van der Waals surface area (Å²) in [5, 5.41) is 5.97. The molecule has 16 heavy (non-hydrogen) atoms. The molecule has 1 aromatic carbocycles. The molecule has 1 heterocycles. The van der Waals surface area contributed by atoms with E-state index >= 15 is 0 Å². The molecule has 1 amide bonds. The van der Waals surface area contributed by atoms with Crippen molar-refractivity contribution in [3.05, 3.63) is 29.3 Å². The van der Waals surface area contributed by atoms with Crippen molar-refractivity contribution < 1.29 is 4.79 Å². The van der Waals surface area contributed by atoms with Gasteiger partial charge in [0.15, 0.2) is 0 Å². The summed E-state index contributed by atoms with van der Waals surface area (Å²) in [6, 6.07) is 5.72. The van der Waals surface area contributed by atoms with Crippen LogP contribution in [0.1, 0.15) is 22.3 Å². The van der Waals surface area contributed by atoms with Gasteiger partial charge in [-0.05, 0) is 36.6 Å². The highest BCUT2D eigenvalue weighted by molar-refractivity contribution is 5.95. The molecule has 2 N–H and O–H groups in total. The van der Waals surface area contributed by atoms with E-state index < -0.39 is 0 Å². The molecule has 0 spiro atoms. The second kappa shape index (κ2) is 4.71. The Balaban J connectivity index is 2.17. The van der Waals surface area contributed by atoms with Gasteiger partial charge in [-0.3, -0.25) is 4.79 Å². The van der Waals surface area contributed by atoms with Gasteiger partial charge >= 0.3 is 0 Å². The molecule has 1 aromatic rings. The number of nitrogens with one attached hydrogen (secondary N) is 2. The lowest BCUT2D eigenvalue weighted by atomic mass is 10.0. The van der Waals surface area contributed by atoms with Crippen molar-refractivity contribution in [2.24, 2.45) is 0 Å². The summed E-state index contributed by atoms with van der Waals surface area (Å²) in [7, 11) is 0. The Kier molecular flexibility index (Phi) is 3.11. The van der Waals surface area contributed by atoms with E-state index in [1.165, 1.54) is 5.56 Å². The number of fused-ring (bicyclic) bond motifs is 1. The molecule has 1 aliphatic rings. The molecular weight excluding hydrogens is 200 g/mol. The van der Waals surface area contributed by atoms with Gasteiger partial charge in [-0.25, -0.2) is 0 Å². The maximum absolute atomic E-state index is 11.7. The van der Waals surface area contributed by atoms with Gasteiger partial charge in [0.05, 0.1) is 6.54 Å². The standard InChI is InChI=1S/C13H14N2O/c1-2-7-15-13(16)11-5-6-12-10(9-11)4-3-8-14-12/h1,5-6,9,14H,3-4,7-8H2,(H,15,16). The first-order valence-corrected chi connectivity index (χ1v) is 5.40. The van der Waals surface area contributed by atoms with Gasteiger partial charge in [-0.15, -0.1) is 6.42 Å². The highest BCUT2D eigenvalue weighted by Gasteiger charge is 2.11. The van der Waals surface area contributed by atoms with E-state index in [2.05, 4.69) is 16.6 Å². The van der Waals surface area contributed by atoms with E-state index in [1.807, 2.05) is 18.2 Å². The third kappa shape index (κ3) is 2.17. The fourth-order valence-electron chi connectivity index (χ4n) is 1.85. The summed E-state index contributed by atoms with van der Waals surface area (Å²) in [4.78, 5) is 11.7. The second-order valence-corrected chi connectivity index (χ2v) is 3.79. The van der Waals surface area contributed by atoms with Gasteiger partial charge in [0.2, 0.25) is 0 Å². The number of aryl methyl sites for hydroxylation is 1. The minimum atomic E-state index is -0.105. The lowest BCUT2D eigenvalue weighted by molar-refractivity contribution is 0.0958. The third-order valence-electron chi connectivity index (χ3n) is 2.66. The van der Waals surface area contributed by atoms with Crippen LogP contribution in [0.25, 0.3) is 0 Å². The average Bonchev–Trinajstić information content (AvgIpc) is 2.35. The van der Waals surface area contributed by atoms with E-state index in [0.29, 0.717) is 5.56 Å². The predicted molar refractivity (Wildman–Crippen MR) is 64.4 cm³/mol. The molecule has 0 aliphatic carbocycles.